The first-order valence-corrected chi connectivity index (χ1v) is 12.8. The van der Waals surface area contributed by atoms with Crippen LogP contribution in [0.5, 0.6) is 0 Å². The fraction of sp³-hybridized carbons (Fsp3) is 0.250. The summed E-state index contributed by atoms with van der Waals surface area (Å²) in [6.07, 6.45) is 0. The molecular formula is C28H25N3O4S. The van der Waals surface area contributed by atoms with Gasteiger partial charge >= 0.3 is 5.63 Å². The number of ether oxygens (including phenoxy) is 1. The van der Waals surface area contributed by atoms with Crippen molar-refractivity contribution < 1.29 is 13.9 Å². The van der Waals surface area contributed by atoms with E-state index < -0.39 is 11.5 Å². The molecule has 1 saturated heterocycles. The molecule has 1 aliphatic rings. The highest BCUT2D eigenvalue weighted by atomic mass is 32.1. The zero-order valence-corrected chi connectivity index (χ0v) is 20.7. The first kappa shape index (κ1) is 22.8. The summed E-state index contributed by atoms with van der Waals surface area (Å²) in [7, 11) is 0. The molecule has 7 nitrogen and oxygen atoms in total. The lowest BCUT2D eigenvalue weighted by molar-refractivity contribution is 0.0391. The number of para-hydroxylation sites is 1. The second-order valence-electron chi connectivity index (χ2n) is 8.97. The average Bonchev–Trinajstić information content (AvgIpc) is 3.34. The van der Waals surface area contributed by atoms with Gasteiger partial charge in [0, 0.05) is 31.6 Å². The number of aromatic nitrogens is 1. The van der Waals surface area contributed by atoms with Crippen molar-refractivity contribution in [2.75, 3.05) is 44.3 Å². The number of fused-ring (bicyclic) bond motifs is 4. The van der Waals surface area contributed by atoms with Gasteiger partial charge in [-0.2, -0.15) is 0 Å². The van der Waals surface area contributed by atoms with Crippen LogP contribution in [-0.2, 0) is 4.74 Å². The van der Waals surface area contributed by atoms with Crippen molar-refractivity contribution in [1.29, 1.82) is 0 Å². The highest BCUT2D eigenvalue weighted by molar-refractivity contribution is 7.22. The Kier molecular flexibility index (Phi) is 6.00. The van der Waals surface area contributed by atoms with Gasteiger partial charge in [0.2, 0.25) is 0 Å². The van der Waals surface area contributed by atoms with Crippen LogP contribution in [0.15, 0.2) is 69.9 Å². The maximum atomic E-state index is 14.0. The Labute approximate surface area is 211 Å². The number of carbonyl (C=O) groups is 1. The number of benzene rings is 3. The number of carbonyl (C=O) groups excluding carboxylic acids is 1. The minimum absolute atomic E-state index is 0.0109. The van der Waals surface area contributed by atoms with E-state index in [2.05, 4.69) is 4.90 Å². The first-order chi connectivity index (χ1) is 17.6. The van der Waals surface area contributed by atoms with E-state index in [0.29, 0.717) is 37.0 Å². The van der Waals surface area contributed by atoms with E-state index in [1.165, 1.54) is 11.3 Å². The summed E-state index contributed by atoms with van der Waals surface area (Å²) in [4.78, 5) is 35.7. The molecule has 3 aromatic carbocycles. The monoisotopic (exact) mass is 499 g/mol. The Hall–Kier alpha value is -3.59. The van der Waals surface area contributed by atoms with E-state index in [1.807, 2.05) is 55.5 Å². The van der Waals surface area contributed by atoms with Crippen molar-refractivity contribution in [3.8, 4) is 0 Å². The van der Waals surface area contributed by atoms with Crippen molar-refractivity contribution >= 4 is 54.3 Å². The Morgan fingerprint density at radius 3 is 2.72 bits per heavy atom. The number of nitrogens with zero attached hydrogens (tertiary/aromatic N) is 3. The van der Waals surface area contributed by atoms with E-state index in [4.69, 9.17) is 14.1 Å². The highest BCUT2D eigenvalue weighted by Crippen LogP contribution is 2.32. The molecule has 2 aromatic heterocycles. The van der Waals surface area contributed by atoms with Crippen LogP contribution in [0.4, 0.5) is 5.13 Å². The van der Waals surface area contributed by atoms with Crippen molar-refractivity contribution in [2.45, 2.75) is 6.92 Å². The quantitative estimate of drug-likeness (QED) is 0.254. The van der Waals surface area contributed by atoms with Gasteiger partial charge in [0.05, 0.1) is 23.4 Å². The maximum Gasteiger partial charge on any atom is 0.349 e. The van der Waals surface area contributed by atoms with Gasteiger partial charge in [-0.3, -0.25) is 14.6 Å². The molecule has 0 spiro atoms. The van der Waals surface area contributed by atoms with Gasteiger partial charge in [-0.15, -0.1) is 0 Å². The van der Waals surface area contributed by atoms with Crippen molar-refractivity contribution in [1.82, 2.24) is 9.88 Å². The third-order valence-corrected chi connectivity index (χ3v) is 7.74. The summed E-state index contributed by atoms with van der Waals surface area (Å²) in [6.45, 7) is 6.05. The minimum Gasteiger partial charge on any atom is -0.422 e. The first-order valence-electron chi connectivity index (χ1n) is 12.0. The highest BCUT2D eigenvalue weighted by Gasteiger charge is 2.26. The molecule has 6 rings (SSSR count). The van der Waals surface area contributed by atoms with Crippen LogP contribution in [0.2, 0.25) is 0 Å². The molecule has 0 atom stereocenters. The van der Waals surface area contributed by atoms with Crippen LogP contribution < -0.4 is 10.5 Å². The fourth-order valence-electron chi connectivity index (χ4n) is 4.71. The number of amides is 1. The van der Waals surface area contributed by atoms with Crippen LogP contribution in [0.3, 0.4) is 0 Å². The van der Waals surface area contributed by atoms with Gasteiger partial charge in [0.25, 0.3) is 5.91 Å². The predicted octanol–water partition coefficient (Wildman–Crippen LogP) is 4.84. The molecule has 5 aromatic rings. The zero-order valence-electron chi connectivity index (χ0n) is 19.9. The smallest absolute Gasteiger partial charge is 0.349 e. The molecule has 1 amide bonds. The molecule has 36 heavy (non-hydrogen) atoms. The SMILES string of the molecule is Cc1cccc2sc(N(CCN3CCOCC3)C(=O)c3cc4c(ccc5ccccc54)oc3=O)nc12. The Bertz CT molecular complexity index is 1650. The summed E-state index contributed by atoms with van der Waals surface area (Å²) in [5.74, 6) is -0.399. The lowest BCUT2D eigenvalue weighted by Gasteiger charge is -2.29. The second kappa shape index (κ2) is 9.46. The summed E-state index contributed by atoms with van der Waals surface area (Å²) in [5.41, 5.74) is 1.75. The normalized spacial score (nSPS) is 14.6. The fourth-order valence-corrected chi connectivity index (χ4v) is 5.77. The predicted molar refractivity (Wildman–Crippen MR) is 143 cm³/mol. The number of rotatable bonds is 5. The van der Waals surface area contributed by atoms with E-state index in [-0.39, 0.29) is 5.56 Å². The van der Waals surface area contributed by atoms with Gasteiger partial charge in [-0.05, 0) is 41.5 Å². The Morgan fingerprint density at radius 1 is 1.06 bits per heavy atom. The number of morpholine rings is 1. The lowest BCUT2D eigenvalue weighted by Crippen LogP contribution is -2.44. The molecule has 1 aliphatic heterocycles. The third-order valence-electron chi connectivity index (χ3n) is 6.70. The molecule has 0 N–H and O–H groups in total. The van der Waals surface area contributed by atoms with Crippen LogP contribution in [0.25, 0.3) is 32.0 Å². The van der Waals surface area contributed by atoms with Crippen LogP contribution in [0, 0.1) is 6.92 Å². The number of hydrogen-bond acceptors (Lipinski definition) is 7. The zero-order chi connectivity index (χ0) is 24.6. The van der Waals surface area contributed by atoms with E-state index in [0.717, 1.165) is 45.0 Å². The van der Waals surface area contributed by atoms with Gasteiger partial charge in [0.15, 0.2) is 5.13 Å². The number of aryl methyl sites for hydroxylation is 1. The molecule has 1 fully saturated rings. The van der Waals surface area contributed by atoms with Crippen molar-refractivity contribution in [2.24, 2.45) is 0 Å². The third kappa shape index (κ3) is 4.17. The lowest BCUT2D eigenvalue weighted by atomic mass is 10.0. The van der Waals surface area contributed by atoms with Gasteiger partial charge < -0.3 is 9.15 Å². The van der Waals surface area contributed by atoms with Gasteiger partial charge in [-0.25, -0.2) is 9.78 Å². The number of anilines is 1. The van der Waals surface area contributed by atoms with E-state index in [1.54, 1.807) is 17.0 Å². The molecule has 0 aliphatic carbocycles. The molecule has 182 valence electrons. The van der Waals surface area contributed by atoms with E-state index in [9.17, 15) is 9.59 Å². The molecule has 3 heterocycles. The average molecular weight is 500 g/mol. The standard InChI is InChI=1S/C28H25N3O4S/c1-18-5-4-8-24-25(18)29-28(36-24)31(12-11-30-13-15-34-16-14-30)26(32)22-17-21-20-7-3-2-6-19(20)9-10-23(21)35-27(22)33/h2-10,17H,11-16H2,1H3. The minimum atomic E-state index is -0.642. The van der Waals surface area contributed by atoms with Crippen LogP contribution in [-0.4, -0.2) is 55.2 Å². The Balaban J connectivity index is 1.44. The molecular weight excluding hydrogens is 474 g/mol. The van der Waals surface area contributed by atoms with E-state index >= 15 is 0 Å². The number of thiazole rings is 1. The summed E-state index contributed by atoms with van der Waals surface area (Å²) in [6, 6.07) is 19.2. The van der Waals surface area contributed by atoms with Crippen molar-refractivity contribution in [3.05, 3.63) is 82.2 Å². The molecule has 8 heteroatoms. The van der Waals surface area contributed by atoms with Crippen molar-refractivity contribution in [3.63, 3.8) is 0 Å². The van der Waals surface area contributed by atoms with Gasteiger partial charge in [0.1, 0.15) is 11.1 Å². The molecule has 0 unspecified atom stereocenters. The largest absolute Gasteiger partial charge is 0.422 e. The maximum absolute atomic E-state index is 14.0. The summed E-state index contributed by atoms with van der Waals surface area (Å²) < 4.78 is 12.1. The second-order valence-corrected chi connectivity index (χ2v) is 9.98. The van der Waals surface area contributed by atoms with Gasteiger partial charge in [-0.1, -0.05) is 53.8 Å². The summed E-state index contributed by atoms with van der Waals surface area (Å²) >= 11 is 1.46. The number of hydrogen-bond donors (Lipinski definition) is 0. The van der Waals surface area contributed by atoms with Crippen LogP contribution >= 0.6 is 11.3 Å². The summed E-state index contributed by atoms with van der Waals surface area (Å²) in [5, 5.41) is 3.27. The topological polar surface area (TPSA) is 75.9 Å². The molecule has 0 bridgehead atoms. The Morgan fingerprint density at radius 2 is 1.89 bits per heavy atom. The molecule has 0 radical (unpaired) electrons. The molecule has 0 saturated carbocycles. The van der Waals surface area contributed by atoms with Crippen LogP contribution in [0.1, 0.15) is 15.9 Å².